The number of hydrazone groups is 1. The van der Waals surface area contributed by atoms with E-state index in [1.54, 1.807) is 23.9 Å². The Kier molecular flexibility index (Phi) is 17.8. The van der Waals surface area contributed by atoms with Crippen LogP contribution in [0, 0.1) is 12.8 Å². The second-order valence-corrected chi connectivity index (χ2v) is 7.69. The number of esters is 1. The Hall–Kier alpha value is -4.78. The van der Waals surface area contributed by atoms with Gasteiger partial charge in [0.1, 0.15) is 11.8 Å². The number of nitrogens with two attached hydrogens (primary N) is 1. The normalized spacial score (nSPS) is 15.7. The molecule has 40 heavy (non-hydrogen) atoms. The van der Waals surface area contributed by atoms with Crippen LogP contribution in [0.3, 0.4) is 0 Å². The van der Waals surface area contributed by atoms with E-state index < -0.39 is 0 Å². The number of rotatable bonds is 7. The lowest BCUT2D eigenvalue weighted by Gasteiger charge is -2.07. The number of terminal acetylenes is 1. The molecular weight excluding hydrogens is 504 g/mol. The van der Waals surface area contributed by atoms with Gasteiger partial charge >= 0.3 is 5.97 Å². The average Bonchev–Trinajstić information content (AvgIpc) is 3.38. The van der Waals surface area contributed by atoms with Crippen LogP contribution in [0.2, 0.25) is 0 Å². The highest BCUT2D eigenvalue weighted by molar-refractivity contribution is 5.95. The molecule has 4 N–H and O–H groups in total. The Labute approximate surface area is 239 Å². The van der Waals surface area contributed by atoms with Crippen LogP contribution in [0.25, 0.3) is 5.52 Å². The first kappa shape index (κ1) is 35.2. The summed E-state index contributed by atoms with van der Waals surface area (Å²) in [6.07, 6.45) is 25.1. The highest BCUT2D eigenvalue weighted by Crippen LogP contribution is 2.23. The number of aromatic nitrogens is 3. The summed E-state index contributed by atoms with van der Waals surface area (Å²) in [5.74, 6) is -0.0560. The van der Waals surface area contributed by atoms with Gasteiger partial charge in [0.25, 0.3) is 0 Å². The van der Waals surface area contributed by atoms with Gasteiger partial charge in [0.05, 0.1) is 24.9 Å². The fraction of sp³-hybridized carbons (Fsp3) is 0.333. The fourth-order valence-electron chi connectivity index (χ4n) is 3.31. The molecule has 1 aliphatic heterocycles. The van der Waals surface area contributed by atoms with E-state index in [2.05, 4.69) is 51.3 Å². The molecular formula is C30H44N8O2. The molecule has 0 radical (unpaired) electrons. The number of nitrogens with zero attached hydrogens (tertiary/aromatic N) is 5. The number of nitrogens with one attached hydrogen (secondary N) is 2. The number of carbonyl (C=O) groups excluding carboxylic acids is 1. The van der Waals surface area contributed by atoms with Crippen molar-refractivity contribution in [3.63, 3.8) is 0 Å². The summed E-state index contributed by atoms with van der Waals surface area (Å²) < 4.78 is 6.68. The van der Waals surface area contributed by atoms with E-state index >= 15 is 0 Å². The summed E-state index contributed by atoms with van der Waals surface area (Å²) in [6.45, 7) is 12.7. The van der Waals surface area contributed by atoms with Gasteiger partial charge in [0, 0.05) is 44.3 Å². The molecule has 2 aromatic rings. The van der Waals surface area contributed by atoms with E-state index in [1.165, 1.54) is 6.33 Å². The van der Waals surface area contributed by atoms with Gasteiger partial charge in [-0.25, -0.2) is 14.3 Å². The van der Waals surface area contributed by atoms with Crippen LogP contribution in [-0.2, 0) is 11.2 Å². The molecule has 0 aliphatic carbocycles. The van der Waals surface area contributed by atoms with Crippen molar-refractivity contribution in [2.24, 2.45) is 5.10 Å². The maximum Gasteiger partial charge on any atom is 0.340 e. The lowest BCUT2D eigenvalue weighted by atomic mass is 10.1. The zero-order chi connectivity index (χ0) is 30.5. The van der Waals surface area contributed by atoms with Gasteiger partial charge < -0.3 is 21.1 Å². The number of hydrogen-bond donors (Lipinski definition) is 3. The first-order valence-corrected chi connectivity index (χ1v) is 13.0. The third-order valence-electron chi connectivity index (χ3n) is 5.14. The Bertz CT molecular complexity index is 1250. The number of anilines is 1. The maximum atomic E-state index is 12.2. The Balaban J connectivity index is 0.000000759. The summed E-state index contributed by atoms with van der Waals surface area (Å²) in [6, 6.07) is 0. The number of carbonyl (C=O) groups is 1. The molecule has 10 heteroatoms. The van der Waals surface area contributed by atoms with Crippen molar-refractivity contribution in [3.05, 3.63) is 83.7 Å². The minimum atomic E-state index is -0.388. The van der Waals surface area contributed by atoms with Crippen LogP contribution in [0.1, 0.15) is 43.6 Å². The first-order valence-electron chi connectivity index (χ1n) is 13.0. The molecule has 10 nitrogen and oxygen atoms in total. The third kappa shape index (κ3) is 11.3. The molecule has 216 valence electrons. The van der Waals surface area contributed by atoms with Crippen LogP contribution in [-0.4, -0.2) is 66.1 Å². The predicted octanol–water partition coefficient (Wildman–Crippen LogP) is 4.12. The van der Waals surface area contributed by atoms with E-state index in [9.17, 15) is 4.79 Å². The smallest absolute Gasteiger partial charge is 0.340 e. The zero-order valence-electron chi connectivity index (χ0n) is 24.8. The number of ether oxygens (including phenoxy) is 1. The average molecular weight is 549 g/mol. The number of fused-ring (bicyclic) bond motifs is 1. The topological polar surface area (TPSA) is 122 Å². The number of hydrogen-bond acceptors (Lipinski definition) is 9. The van der Waals surface area contributed by atoms with E-state index in [0.717, 1.165) is 29.1 Å². The summed E-state index contributed by atoms with van der Waals surface area (Å²) in [5.41, 5.74) is 10.7. The van der Waals surface area contributed by atoms with E-state index in [0.29, 0.717) is 29.9 Å². The van der Waals surface area contributed by atoms with Crippen molar-refractivity contribution in [2.45, 2.75) is 34.1 Å². The van der Waals surface area contributed by atoms with Crippen molar-refractivity contribution in [3.8, 4) is 12.8 Å². The highest BCUT2D eigenvalue weighted by atomic mass is 16.5. The quantitative estimate of drug-likeness (QED) is 0.268. The van der Waals surface area contributed by atoms with Crippen LogP contribution in [0.15, 0.2) is 77.6 Å². The van der Waals surface area contributed by atoms with Gasteiger partial charge in [-0.3, -0.25) is 5.01 Å². The second kappa shape index (κ2) is 20.2. The van der Waals surface area contributed by atoms with Crippen molar-refractivity contribution in [1.82, 2.24) is 30.2 Å². The highest BCUT2D eigenvalue weighted by Gasteiger charge is 2.20. The lowest BCUT2D eigenvalue weighted by molar-refractivity contribution is 0.0525. The maximum absolute atomic E-state index is 12.2. The molecule has 0 aromatic carbocycles. The fourth-order valence-corrected chi connectivity index (χ4v) is 3.31. The van der Waals surface area contributed by atoms with Crippen molar-refractivity contribution >= 4 is 23.5 Å². The standard InChI is InChI=1S/C16H21N5O2.C10H15N3.C2H6.C2H2/c1-4-11(18-3)7-6-8-12-13(16(22)23-5-2)9-21-14(12)15(17)19-10-20-21;1-9-7-10(11-2)5-4-6-13(3)12-8-9;2*1-2/h4,6-7,9-10,18H,5,8H2,1-3H3,(H2,17,19,20);4-5,7-8,11H,1,6H2,2-3H3;1-2H3;1-2H/b7-6-,11-4+;5-4-,10-7+,12-8-;;. The van der Waals surface area contributed by atoms with E-state index in [-0.39, 0.29) is 5.97 Å². The van der Waals surface area contributed by atoms with E-state index in [4.69, 9.17) is 10.5 Å². The molecule has 0 amide bonds. The predicted molar refractivity (Wildman–Crippen MR) is 167 cm³/mol. The number of allylic oxidation sites excluding steroid dienone is 6. The van der Waals surface area contributed by atoms with Gasteiger partial charge in [-0.2, -0.15) is 10.2 Å². The van der Waals surface area contributed by atoms with Gasteiger partial charge in [0.15, 0.2) is 5.82 Å². The van der Waals surface area contributed by atoms with E-state index in [1.807, 2.05) is 77.3 Å². The Morgan fingerprint density at radius 1 is 1.30 bits per heavy atom. The SMILES string of the molecule is C#C.C/C=C(\C=C/Cc1c(C(=O)OCC)cn2ncnc(N)c12)NC.C=C1/C=N\N(C)C/C=C\C(NC)=C/1.CC. The molecule has 0 atom stereocenters. The minimum Gasteiger partial charge on any atom is -0.462 e. The Morgan fingerprint density at radius 2 is 2.00 bits per heavy atom. The molecule has 0 saturated heterocycles. The number of likely N-dealkylation sites (N-methyl/N-ethyl adjacent to an activating group) is 3. The van der Waals surface area contributed by atoms with Crippen LogP contribution in [0.5, 0.6) is 0 Å². The van der Waals surface area contributed by atoms with Crippen LogP contribution < -0.4 is 16.4 Å². The van der Waals surface area contributed by atoms with Gasteiger partial charge in [-0.05, 0) is 44.1 Å². The number of nitrogen functional groups attached to an aromatic ring is 1. The van der Waals surface area contributed by atoms with Crippen LogP contribution in [0.4, 0.5) is 5.82 Å². The van der Waals surface area contributed by atoms with Gasteiger partial charge in [-0.15, -0.1) is 12.8 Å². The van der Waals surface area contributed by atoms with Gasteiger partial charge in [-0.1, -0.05) is 38.7 Å². The molecule has 0 fully saturated rings. The molecule has 3 rings (SSSR count). The summed E-state index contributed by atoms with van der Waals surface area (Å²) in [7, 11) is 5.67. The molecule has 0 bridgehead atoms. The summed E-state index contributed by atoms with van der Waals surface area (Å²) in [5, 5.41) is 16.3. The second-order valence-electron chi connectivity index (χ2n) is 7.69. The third-order valence-corrected chi connectivity index (χ3v) is 5.14. The van der Waals surface area contributed by atoms with Crippen molar-refractivity contribution in [1.29, 1.82) is 0 Å². The molecule has 2 aromatic heterocycles. The minimum absolute atomic E-state index is 0.309. The molecule has 0 spiro atoms. The molecule has 0 saturated carbocycles. The Morgan fingerprint density at radius 3 is 2.60 bits per heavy atom. The molecule has 0 unspecified atom stereocenters. The largest absolute Gasteiger partial charge is 0.462 e. The summed E-state index contributed by atoms with van der Waals surface area (Å²) in [4.78, 5) is 16.2. The monoisotopic (exact) mass is 548 g/mol. The molecule has 1 aliphatic rings. The zero-order valence-corrected chi connectivity index (χ0v) is 24.8. The first-order chi connectivity index (χ1) is 19.3. The van der Waals surface area contributed by atoms with Crippen LogP contribution >= 0.6 is 0 Å². The van der Waals surface area contributed by atoms with Crippen molar-refractivity contribution < 1.29 is 9.53 Å². The molecule has 3 heterocycles. The van der Waals surface area contributed by atoms with Crippen molar-refractivity contribution in [2.75, 3.05) is 40.0 Å². The summed E-state index contributed by atoms with van der Waals surface area (Å²) >= 11 is 0. The van der Waals surface area contributed by atoms with Gasteiger partial charge in [0.2, 0.25) is 0 Å². The lowest BCUT2D eigenvalue weighted by Crippen LogP contribution is -2.10.